The first-order chi connectivity index (χ1) is 24.0. The van der Waals surface area contributed by atoms with E-state index in [2.05, 4.69) is 172 Å². The van der Waals surface area contributed by atoms with Gasteiger partial charge in [-0.1, -0.05) is 147 Å². The molecule has 2 nitrogen and oxygen atoms in total. The molecule has 230 valence electrons. The van der Waals surface area contributed by atoms with Crippen LogP contribution in [-0.4, -0.2) is 9.97 Å². The second-order valence-electron chi connectivity index (χ2n) is 13.8. The quantitative estimate of drug-likeness (QED) is 0.183. The predicted molar refractivity (Wildman–Crippen MR) is 206 cm³/mol. The van der Waals surface area contributed by atoms with Crippen molar-refractivity contribution in [1.82, 2.24) is 9.97 Å². The van der Waals surface area contributed by atoms with Crippen LogP contribution in [0.15, 0.2) is 158 Å². The number of hydrogen-bond acceptors (Lipinski definition) is 2. The van der Waals surface area contributed by atoms with Gasteiger partial charge >= 0.3 is 0 Å². The Bertz CT molecular complexity index is 2780. The van der Waals surface area contributed by atoms with Gasteiger partial charge < -0.3 is 0 Å². The molecule has 0 saturated heterocycles. The summed E-state index contributed by atoms with van der Waals surface area (Å²) in [7, 11) is 0. The van der Waals surface area contributed by atoms with Crippen LogP contribution in [0.25, 0.3) is 88.1 Å². The normalized spacial score (nSPS) is 13.3. The third kappa shape index (κ3) is 4.20. The second-order valence-corrected chi connectivity index (χ2v) is 13.8. The Morgan fingerprint density at radius 1 is 0.429 bits per heavy atom. The topological polar surface area (TPSA) is 25.8 Å². The molecule has 9 aromatic rings. The van der Waals surface area contributed by atoms with E-state index in [1.54, 1.807) is 0 Å². The molecule has 0 radical (unpaired) electrons. The van der Waals surface area contributed by atoms with Crippen LogP contribution in [-0.2, 0) is 5.41 Å². The van der Waals surface area contributed by atoms with Crippen molar-refractivity contribution >= 4 is 43.2 Å². The molecule has 0 N–H and O–H groups in total. The van der Waals surface area contributed by atoms with Gasteiger partial charge in [-0.15, -0.1) is 0 Å². The minimum atomic E-state index is -0.156. The molecule has 1 aliphatic rings. The third-order valence-electron chi connectivity index (χ3n) is 10.6. The maximum Gasteiger partial charge on any atom is 0.160 e. The molecule has 8 aromatic carbocycles. The fraction of sp³-hybridized carbons (Fsp3) is 0.0638. The van der Waals surface area contributed by atoms with Gasteiger partial charge in [0.2, 0.25) is 0 Å². The summed E-state index contributed by atoms with van der Waals surface area (Å²) in [4.78, 5) is 10.3. The number of hydrogen-bond donors (Lipinski definition) is 0. The molecule has 2 heteroatoms. The monoisotopic (exact) mass is 624 g/mol. The number of benzene rings is 8. The first-order valence-corrected chi connectivity index (χ1v) is 17.0. The van der Waals surface area contributed by atoms with Gasteiger partial charge in [0.05, 0.1) is 11.2 Å². The van der Waals surface area contributed by atoms with E-state index in [1.807, 2.05) is 0 Å². The molecule has 0 unspecified atom stereocenters. The van der Waals surface area contributed by atoms with Crippen molar-refractivity contribution in [3.05, 3.63) is 169 Å². The fourth-order valence-electron chi connectivity index (χ4n) is 8.24. The average Bonchev–Trinajstić information content (AvgIpc) is 3.39. The number of aromatic nitrogens is 2. The standard InChI is InChI=1S/C47H32N2/c1-47(2)41-28-34-26-33(25-24-32(34)27-40(41)43-37-16-8-6-14-35(37)36-15-7-9-17-38(36)44(43)47)46-48-42-19-11-10-18-39(42)45(49-46)31-22-20-30(21-23-31)29-12-4-3-5-13-29/h3-28H,1-2H3. The lowest BCUT2D eigenvalue weighted by molar-refractivity contribution is 0.667. The van der Waals surface area contributed by atoms with Crippen LogP contribution in [0.3, 0.4) is 0 Å². The van der Waals surface area contributed by atoms with Crippen LogP contribution in [0.1, 0.15) is 25.0 Å². The number of fused-ring (bicyclic) bond motifs is 10. The summed E-state index contributed by atoms with van der Waals surface area (Å²) >= 11 is 0. The molecule has 49 heavy (non-hydrogen) atoms. The maximum absolute atomic E-state index is 5.24. The highest BCUT2D eigenvalue weighted by molar-refractivity contribution is 6.19. The summed E-state index contributed by atoms with van der Waals surface area (Å²) in [6, 6.07) is 56.9. The largest absolute Gasteiger partial charge is 0.228 e. The van der Waals surface area contributed by atoms with Gasteiger partial charge in [-0.2, -0.15) is 0 Å². The zero-order valence-electron chi connectivity index (χ0n) is 27.4. The SMILES string of the molecule is CC1(C)c2cc3cc(-c4nc(-c5ccc(-c6ccccc6)cc5)c5ccccc5n4)ccc3cc2-c2c1c1ccccc1c1ccccc21. The molecule has 1 aromatic heterocycles. The molecule has 0 spiro atoms. The molecule has 0 bridgehead atoms. The van der Waals surface area contributed by atoms with Gasteiger partial charge in [0, 0.05) is 21.9 Å². The molecule has 0 fully saturated rings. The third-order valence-corrected chi connectivity index (χ3v) is 10.6. The Hall–Kier alpha value is -6.12. The van der Waals surface area contributed by atoms with Crippen molar-refractivity contribution < 1.29 is 0 Å². The Labute approximate surface area is 285 Å². The first-order valence-electron chi connectivity index (χ1n) is 17.0. The molecule has 0 amide bonds. The number of para-hydroxylation sites is 1. The maximum atomic E-state index is 5.24. The summed E-state index contributed by atoms with van der Waals surface area (Å²) in [5, 5.41) is 8.79. The number of rotatable bonds is 3. The van der Waals surface area contributed by atoms with Crippen molar-refractivity contribution in [3.63, 3.8) is 0 Å². The van der Waals surface area contributed by atoms with E-state index in [4.69, 9.17) is 9.97 Å². The first kappa shape index (κ1) is 27.9. The van der Waals surface area contributed by atoms with Crippen molar-refractivity contribution in [3.8, 4) is 44.9 Å². The van der Waals surface area contributed by atoms with Crippen molar-refractivity contribution in [2.45, 2.75) is 19.3 Å². The Morgan fingerprint density at radius 3 is 1.80 bits per heavy atom. The Kier molecular flexibility index (Phi) is 5.95. The summed E-state index contributed by atoms with van der Waals surface area (Å²) in [6.07, 6.45) is 0. The van der Waals surface area contributed by atoms with Crippen molar-refractivity contribution in [2.24, 2.45) is 0 Å². The Morgan fingerprint density at radius 2 is 1.02 bits per heavy atom. The lowest BCUT2D eigenvalue weighted by atomic mass is 9.79. The van der Waals surface area contributed by atoms with Crippen LogP contribution < -0.4 is 0 Å². The molecular weight excluding hydrogens is 593 g/mol. The van der Waals surface area contributed by atoms with Gasteiger partial charge in [-0.05, 0) is 90.0 Å². The number of nitrogens with zero attached hydrogens (tertiary/aromatic N) is 2. The van der Waals surface area contributed by atoms with Crippen LogP contribution in [0.4, 0.5) is 0 Å². The highest BCUT2D eigenvalue weighted by atomic mass is 14.9. The van der Waals surface area contributed by atoms with E-state index in [-0.39, 0.29) is 5.41 Å². The van der Waals surface area contributed by atoms with Gasteiger partial charge in [0.1, 0.15) is 0 Å². The van der Waals surface area contributed by atoms with E-state index in [0.717, 1.165) is 33.5 Å². The summed E-state index contributed by atoms with van der Waals surface area (Å²) in [5.74, 6) is 0.739. The van der Waals surface area contributed by atoms with Crippen LogP contribution in [0.5, 0.6) is 0 Å². The van der Waals surface area contributed by atoms with Crippen molar-refractivity contribution in [2.75, 3.05) is 0 Å². The van der Waals surface area contributed by atoms with Gasteiger partial charge in [0.15, 0.2) is 5.82 Å². The molecule has 0 saturated carbocycles. The molecular formula is C47H32N2. The lowest BCUT2D eigenvalue weighted by Gasteiger charge is -2.24. The second kappa shape index (κ2) is 10.4. The summed E-state index contributed by atoms with van der Waals surface area (Å²) in [5.41, 5.74) is 11.7. The molecule has 1 aliphatic carbocycles. The minimum Gasteiger partial charge on any atom is -0.228 e. The summed E-state index contributed by atoms with van der Waals surface area (Å²) < 4.78 is 0. The lowest BCUT2D eigenvalue weighted by Crippen LogP contribution is -2.15. The molecule has 1 heterocycles. The fourth-order valence-corrected chi connectivity index (χ4v) is 8.24. The van der Waals surface area contributed by atoms with Crippen LogP contribution in [0, 0.1) is 0 Å². The van der Waals surface area contributed by atoms with Gasteiger partial charge in [-0.25, -0.2) is 9.97 Å². The van der Waals surface area contributed by atoms with Gasteiger partial charge in [-0.3, -0.25) is 0 Å². The van der Waals surface area contributed by atoms with E-state index in [0.29, 0.717) is 0 Å². The summed E-state index contributed by atoms with van der Waals surface area (Å²) in [6.45, 7) is 4.77. The van der Waals surface area contributed by atoms with Crippen LogP contribution in [0.2, 0.25) is 0 Å². The van der Waals surface area contributed by atoms with Crippen molar-refractivity contribution in [1.29, 1.82) is 0 Å². The van der Waals surface area contributed by atoms with E-state index in [9.17, 15) is 0 Å². The smallest absolute Gasteiger partial charge is 0.160 e. The molecule has 10 rings (SSSR count). The average molecular weight is 625 g/mol. The highest BCUT2D eigenvalue weighted by Crippen LogP contribution is 2.55. The predicted octanol–water partition coefficient (Wildman–Crippen LogP) is 12.4. The van der Waals surface area contributed by atoms with E-state index >= 15 is 0 Å². The zero-order valence-corrected chi connectivity index (χ0v) is 27.4. The highest BCUT2D eigenvalue weighted by Gasteiger charge is 2.38. The molecule has 0 atom stereocenters. The van der Waals surface area contributed by atoms with Crippen LogP contribution >= 0.6 is 0 Å². The van der Waals surface area contributed by atoms with E-state index < -0.39 is 0 Å². The Balaban J connectivity index is 1.13. The molecule has 0 aliphatic heterocycles. The minimum absolute atomic E-state index is 0.156. The van der Waals surface area contributed by atoms with Gasteiger partial charge in [0.25, 0.3) is 0 Å². The zero-order chi connectivity index (χ0) is 32.7. The van der Waals surface area contributed by atoms with E-state index in [1.165, 1.54) is 65.7 Å².